The maximum absolute atomic E-state index is 11.7. The van der Waals surface area contributed by atoms with Gasteiger partial charge >= 0.3 is 12.0 Å². The van der Waals surface area contributed by atoms with Crippen LogP contribution in [-0.4, -0.2) is 34.2 Å². The average molecular weight is 283 g/mol. The van der Waals surface area contributed by atoms with E-state index in [0.29, 0.717) is 19.4 Å². The minimum atomic E-state index is -1.06. The van der Waals surface area contributed by atoms with Crippen molar-refractivity contribution in [2.45, 2.75) is 37.6 Å². The third-order valence-electron chi connectivity index (χ3n) is 3.41. The molecular formula is C12H17N3O3S. The number of amides is 2. The number of thiazole rings is 1. The van der Waals surface area contributed by atoms with E-state index in [1.807, 2.05) is 12.3 Å². The summed E-state index contributed by atoms with van der Waals surface area (Å²) in [5.74, 6) is -0.838. The van der Waals surface area contributed by atoms with E-state index in [0.717, 1.165) is 11.4 Å². The molecule has 1 saturated carbocycles. The Morgan fingerprint density at radius 3 is 2.79 bits per heavy atom. The summed E-state index contributed by atoms with van der Waals surface area (Å²) in [7, 11) is 0. The number of nitrogens with zero attached hydrogens (tertiary/aromatic N) is 1. The van der Waals surface area contributed by atoms with Gasteiger partial charge in [-0.25, -0.2) is 14.6 Å². The van der Waals surface area contributed by atoms with Gasteiger partial charge in [0, 0.05) is 24.0 Å². The molecule has 3 N–H and O–H groups in total. The SMILES string of the molecule is CC(CNC(=O)NC1(C(=O)O)CCC1)c1nccs1. The van der Waals surface area contributed by atoms with Gasteiger partial charge in [0.15, 0.2) is 0 Å². The van der Waals surface area contributed by atoms with Crippen molar-refractivity contribution in [3.63, 3.8) is 0 Å². The van der Waals surface area contributed by atoms with Crippen LogP contribution < -0.4 is 10.6 Å². The van der Waals surface area contributed by atoms with Crippen molar-refractivity contribution in [3.8, 4) is 0 Å². The van der Waals surface area contributed by atoms with Gasteiger partial charge in [-0.05, 0) is 19.3 Å². The van der Waals surface area contributed by atoms with E-state index < -0.39 is 17.5 Å². The molecule has 1 fully saturated rings. The quantitative estimate of drug-likeness (QED) is 0.764. The number of rotatable bonds is 5. The lowest BCUT2D eigenvalue weighted by molar-refractivity contribution is -0.148. The van der Waals surface area contributed by atoms with Crippen LogP contribution in [0.2, 0.25) is 0 Å². The van der Waals surface area contributed by atoms with Crippen LogP contribution in [0.25, 0.3) is 0 Å². The Morgan fingerprint density at radius 2 is 2.32 bits per heavy atom. The molecule has 2 rings (SSSR count). The molecule has 1 unspecified atom stereocenters. The zero-order valence-corrected chi connectivity index (χ0v) is 11.5. The Kier molecular flexibility index (Phi) is 4.04. The number of aliphatic carboxylic acids is 1. The number of nitrogens with one attached hydrogen (secondary N) is 2. The van der Waals surface area contributed by atoms with Crippen LogP contribution >= 0.6 is 11.3 Å². The van der Waals surface area contributed by atoms with E-state index in [9.17, 15) is 9.59 Å². The van der Waals surface area contributed by atoms with Crippen molar-refractivity contribution in [2.75, 3.05) is 6.54 Å². The van der Waals surface area contributed by atoms with E-state index in [2.05, 4.69) is 15.6 Å². The molecule has 1 aliphatic carbocycles. The molecule has 104 valence electrons. The number of hydrogen-bond acceptors (Lipinski definition) is 4. The van der Waals surface area contributed by atoms with Crippen LogP contribution in [0.15, 0.2) is 11.6 Å². The van der Waals surface area contributed by atoms with Crippen molar-refractivity contribution in [1.82, 2.24) is 15.6 Å². The first kappa shape index (κ1) is 13.8. The average Bonchev–Trinajstić information content (AvgIpc) is 2.84. The standard InChI is InChI=1S/C12H17N3O3S/c1-8(9-13-5-6-19-9)7-14-11(18)15-12(10(16)17)3-2-4-12/h5-6,8H,2-4,7H2,1H3,(H,16,17)(H2,14,15,18). The fourth-order valence-electron chi connectivity index (χ4n) is 2.00. The highest BCUT2D eigenvalue weighted by Gasteiger charge is 2.45. The molecule has 1 aliphatic rings. The number of carboxylic acid groups (broad SMARTS) is 1. The third-order valence-corrected chi connectivity index (χ3v) is 4.42. The summed E-state index contributed by atoms with van der Waals surface area (Å²) in [6, 6.07) is -0.425. The van der Waals surface area contributed by atoms with Crippen LogP contribution in [0.4, 0.5) is 4.79 Å². The monoisotopic (exact) mass is 283 g/mol. The molecule has 1 heterocycles. The van der Waals surface area contributed by atoms with Crippen LogP contribution in [0.3, 0.4) is 0 Å². The Morgan fingerprint density at radius 1 is 1.58 bits per heavy atom. The number of hydrogen-bond donors (Lipinski definition) is 3. The van der Waals surface area contributed by atoms with Crippen molar-refractivity contribution < 1.29 is 14.7 Å². The molecule has 2 amide bonds. The number of carbonyl (C=O) groups is 2. The van der Waals surface area contributed by atoms with Crippen molar-refractivity contribution in [3.05, 3.63) is 16.6 Å². The zero-order chi connectivity index (χ0) is 13.9. The van der Waals surface area contributed by atoms with E-state index in [4.69, 9.17) is 5.11 Å². The van der Waals surface area contributed by atoms with Crippen molar-refractivity contribution >= 4 is 23.3 Å². The molecule has 0 aliphatic heterocycles. The minimum absolute atomic E-state index is 0.118. The largest absolute Gasteiger partial charge is 0.480 e. The number of urea groups is 1. The fraction of sp³-hybridized carbons (Fsp3) is 0.583. The molecule has 1 atom stereocenters. The Labute approximate surface area is 115 Å². The van der Waals surface area contributed by atoms with Gasteiger partial charge in [-0.1, -0.05) is 6.92 Å². The molecule has 0 bridgehead atoms. The van der Waals surface area contributed by atoms with E-state index >= 15 is 0 Å². The molecule has 19 heavy (non-hydrogen) atoms. The molecule has 0 aromatic carbocycles. The summed E-state index contributed by atoms with van der Waals surface area (Å²) in [5, 5.41) is 17.2. The van der Waals surface area contributed by atoms with E-state index in [1.165, 1.54) is 11.3 Å². The lowest BCUT2D eigenvalue weighted by atomic mass is 9.77. The topological polar surface area (TPSA) is 91.3 Å². The van der Waals surface area contributed by atoms with Gasteiger partial charge in [-0.15, -0.1) is 11.3 Å². The smallest absolute Gasteiger partial charge is 0.329 e. The third kappa shape index (κ3) is 3.04. The van der Waals surface area contributed by atoms with Gasteiger partial charge < -0.3 is 15.7 Å². The van der Waals surface area contributed by atoms with Crippen molar-refractivity contribution in [1.29, 1.82) is 0 Å². The minimum Gasteiger partial charge on any atom is -0.480 e. The van der Waals surface area contributed by atoms with Gasteiger partial charge in [-0.2, -0.15) is 0 Å². The molecule has 1 aromatic heterocycles. The van der Waals surface area contributed by atoms with Gasteiger partial charge in [0.1, 0.15) is 5.54 Å². The first-order chi connectivity index (χ1) is 9.03. The first-order valence-electron chi connectivity index (χ1n) is 6.22. The molecule has 0 spiro atoms. The first-order valence-corrected chi connectivity index (χ1v) is 7.10. The second kappa shape index (κ2) is 5.56. The van der Waals surface area contributed by atoms with Gasteiger partial charge in [-0.3, -0.25) is 0 Å². The van der Waals surface area contributed by atoms with Crippen molar-refractivity contribution in [2.24, 2.45) is 0 Å². The Hall–Kier alpha value is -1.63. The highest BCUT2D eigenvalue weighted by Crippen LogP contribution is 2.31. The number of carbonyl (C=O) groups excluding carboxylic acids is 1. The predicted molar refractivity (Wildman–Crippen MR) is 71.3 cm³/mol. The lowest BCUT2D eigenvalue weighted by Gasteiger charge is -2.38. The molecule has 7 heteroatoms. The van der Waals surface area contributed by atoms with Gasteiger partial charge in [0.05, 0.1) is 5.01 Å². The molecule has 6 nitrogen and oxygen atoms in total. The summed E-state index contributed by atoms with van der Waals surface area (Å²) in [5.41, 5.74) is -1.06. The number of carboxylic acids is 1. The lowest BCUT2D eigenvalue weighted by Crippen LogP contribution is -2.61. The fourth-order valence-corrected chi connectivity index (χ4v) is 2.69. The van der Waals surface area contributed by atoms with Crippen LogP contribution in [0.1, 0.15) is 37.1 Å². The van der Waals surface area contributed by atoms with Gasteiger partial charge in [0.2, 0.25) is 0 Å². The molecule has 1 aromatic rings. The predicted octanol–water partition coefficient (Wildman–Crippen LogP) is 1.55. The normalized spacial score (nSPS) is 18.2. The molecular weight excluding hydrogens is 266 g/mol. The van der Waals surface area contributed by atoms with Gasteiger partial charge in [0.25, 0.3) is 0 Å². The maximum atomic E-state index is 11.7. The van der Waals surface area contributed by atoms with Crippen LogP contribution in [-0.2, 0) is 4.79 Å². The summed E-state index contributed by atoms with van der Waals surface area (Å²) >= 11 is 1.54. The van der Waals surface area contributed by atoms with E-state index in [-0.39, 0.29) is 5.92 Å². The summed E-state index contributed by atoms with van der Waals surface area (Å²) in [6.07, 6.45) is 3.56. The van der Waals surface area contributed by atoms with Crippen LogP contribution in [0, 0.1) is 0 Å². The summed E-state index contributed by atoms with van der Waals surface area (Å²) < 4.78 is 0. The maximum Gasteiger partial charge on any atom is 0.329 e. The Bertz CT molecular complexity index is 457. The second-order valence-corrected chi connectivity index (χ2v) is 5.77. The van der Waals surface area contributed by atoms with E-state index in [1.54, 1.807) is 6.20 Å². The summed E-state index contributed by atoms with van der Waals surface area (Å²) in [4.78, 5) is 27.0. The molecule has 0 radical (unpaired) electrons. The number of aromatic nitrogens is 1. The second-order valence-electron chi connectivity index (χ2n) is 4.85. The molecule has 0 saturated heterocycles. The van der Waals surface area contributed by atoms with Crippen LogP contribution in [0.5, 0.6) is 0 Å². The zero-order valence-electron chi connectivity index (χ0n) is 10.7. The highest BCUT2D eigenvalue weighted by atomic mass is 32.1. The summed E-state index contributed by atoms with van der Waals surface area (Å²) in [6.45, 7) is 2.41. The highest BCUT2D eigenvalue weighted by molar-refractivity contribution is 7.09. The Balaban J connectivity index is 1.80.